The van der Waals surface area contributed by atoms with Gasteiger partial charge in [-0.15, -0.1) is 0 Å². The fourth-order valence-corrected chi connectivity index (χ4v) is 4.80. The molecule has 0 bridgehead atoms. The Morgan fingerprint density at radius 2 is 1.96 bits per heavy atom. The second kappa shape index (κ2) is 5.76. The molecule has 0 amide bonds. The second-order valence-corrected chi connectivity index (χ2v) is 8.30. The Labute approximate surface area is 137 Å². The Hall–Kier alpha value is -1.66. The molecule has 6 heteroatoms. The van der Waals surface area contributed by atoms with Gasteiger partial charge in [0.15, 0.2) is 5.76 Å². The van der Waals surface area contributed by atoms with E-state index in [0.29, 0.717) is 30.5 Å². The quantitative estimate of drug-likeness (QED) is 0.865. The molecular formula is C17H22N2O3S. The standard InChI is InChI=1S/C17H22N2O3S/c1-11(2)15-6-5-14-7-8-19(10-16(14)9-15)23(20,21)17-12(3)18-22-13(17)4/h5-6,9,11H,7-8,10H2,1-4H3. The van der Waals surface area contributed by atoms with Gasteiger partial charge in [-0.3, -0.25) is 0 Å². The zero-order chi connectivity index (χ0) is 16.8. The minimum atomic E-state index is -3.58. The molecule has 0 N–H and O–H groups in total. The number of aryl methyl sites for hydroxylation is 2. The first-order valence-corrected chi connectivity index (χ1v) is 9.29. The molecule has 3 rings (SSSR count). The summed E-state index contributed by atoms with van der Waals surface area (Å²) < 4.78 is 32.5. The van der Waals surface area contributed by atoms with Crippen LogP contribution in [0.1, 0.15) is 47.9 Å². The van der Waals surface area contributed by atoms with Crippen molar-refractivity contribution >= 4 is 10.0 Å². The monoisotopic (exact) mass is 334 g/mol. The lowest BCUT2D eigenvalue weighted by Crippen LogP contribution is -2.36. The van der Waals surface area contributed by atoms with Crippen LogP contribution < -0.4 is 0 Å². The molecule has 0 fully saturated rings. The van der Waals surface area contributed by atoms with Gasteiger partial charge in [0.25, 0.3) is 0 Å². The molecule has 124 valence electrons. The molecular weight excluding hydrogens is 312 g/mol. The molecule has 0 radical (unpaired) electrons. The number of aromatic nitrogens is 1. The van der Waals surface area contributed by atoms with E-state index < -0.39 is 10.0 Å². The van der Waals surface area contributed by atoms with Crippen LogP contribution in [0.2, 0.25) is 0 Å². The summed E-state index contributed by atoms with van der Waals surface area (Å²) in [4.78, 5) is 0.209. The normalized spacial score (nSPS) is 15.9. The molecule has 1 aromatic heterocycles. The van der Waals surface area contributed by atoms with Crippen molar-refractivity contribution in [2.75, 3.05) is 6.54 Å². The van der Waals surface area contributed by atoms with Crippen LogP contribution in [0.3, 0.4) is 0 Å². The average molecular weight is 334 g/mol. The van der Waals surface area contributed by atoms with E-state index in [4.69, 9.17) is 4.52 Å². The van der Waals surface area contributed by atoms with E-state index >= 15 is 0 Å². The largest absolute Gasteiger partial charge is 0.360 e. The third-order valence-corrected chi connectivity index (χ3v) is 6.53. The lowest BCUT2D eigenvalue weighted by atomic mass is 9.94. The number of hydrogen-bond donors (Lipinski definition) is 0. The first-order valence-electron chi connectivity index (χ1n) is 7.85. The van der Waals surface area contributed by atoms with Gasteiger partial charge in [-0.2, -0.15) is 4.31 Å². The molecule has 0 saturated heterocycles. The van der Waals surface area contributed by atoms with Crippen LogP contribution in [0.25, 0.3) is 0 Å². The molecule has 2 aromatic rings. The van der Waals surface area contributed by atoms with Crippen LogP contribution in [0.4, 0.5) is 0 Å². The highest BCUT2D eigenvalue weighted by molar-refractivity contribution is 7.89. The molecule has 23 heavy (non-hydrogen) atoms. The van der Waals surface area contributed by atoms with Crippen molar-refractivity contribution in [3.05, 3.63) is 46.3 Å². The Morgan fingerprint density at radius 3 is 2.57 bits per heavy atom. The van der Waals surface area contributed by atoms with E-state index in [1.165, 1.54) is 15.4 Å². The van der Waals surface area contributed by atoms with Crippen molar-refractivity contribution in [1.29, 1.82) is 0 Å². The third-order valence-electron chi connectivity index (χ3n) is 4.44. The average Bonchev–Trinajstić information content (AvgIpc) is 2.85. The van der Waals surface area contributed by atoms with E-state index in [1.54, 1.807) is 13.8 Å². The first kappa shape index (κ1) is 16.2. The minimum absolute atomic E-state index is 0.209. The number of fused-ring (bicyclic) bond motifs is 1. The summed E-state index contributed by atoms with van der Waals surface area (Å²) in [6, 6.07) is 6.40. The summed E-state index contributed by atoms with van der Waals surface area (Å²) in [7, 11) is -3.58. The lowest BCUT2D eigenvalue weighted by molar-refractivity contribution is 0.381. The Balaban J connectivity index is 1.97. The van der Waals surface area contributed by atoms with Crippen LogP contribution in [-0.4, -0.2) is 24.4 Å². The van der Waals surface area contributed by atoms with Crippen LogP contribution >= 0.6 is 0 Å². The van der Waals surface area contributed by atoms with Crippen molar-refractivity contribution in [1.82, 2.24) is 9.46 Å². The molecule has 1 aliphatic heterocycles. The molecule has 2 heterocycles. The minimum Gasteiger partial charge on any atom is -0.360 e. The zero-order valence-corrected chi connectivity index (χ0v) is 14.8. The molecule has 0 unspecified atom stereocenters. The van der Waals surface area contributed by atoms with Gasteiger partial charge >= 0.3 is 0 Å². The zero-order valence-electron chi connectivity index (χ0n) is 14.0. The first-order chi connectivity index (χ1) is 10.8. The van der Waals surface area contributed by atoms with Crippen LogP contribution in [0.5, 0.6) is 0 Å². The fourth-order valence-electron chi connectivity index (χ4n) is 3.09. The summed E-state index contributed by atoms with van der Waals surface area (Å²) in [5.74, 6) is 0.777. The number of rotatable bonds is 3. The molecule has 1 aromatic carbocycles. The summed E-state index contributed by atoms with van der Waals surface area (Å²) in [6.07, 6.45) is 0.732. The van der Waals surface area contributed by atoms with Gasteiger partial charge in [0.05, 0.1) is 0 Å². The number of nitrogens with zero attached hydrogens (tertiary/aromatic N) is 2. The topological polar surface area (TPSA) is 63.4 Å². The smallest absolute Gasteiger partial charge is 0.248 e. The number of sulfonamides is 1. The SMILES string of the molecule is Cc1noc(C)c1S(=O)(=O)N1CCc2ccc(C(C)C)cc2C1. The third kappa shape index (κ3) is 2.81. The second-order valence-electron chi connectivity index (χ2n) is 6.42. The highest BCUT2D eigenvalue weighted by atomic mass is 32.2. The van der Waals surface area contributed by atoms with Crippen LogP contribution in [0.15, 0.2) is 27.6 Å². The van der Waals surface area contributed by atoms with E-state index in [2.05, 4.69) is 37.2 Å². The maximum atomic E-state index is 12.9. The van der Waals surface area contributed by atoms with Crippen molar-refractivity contribution in [3.63, 3.8) is 0 Å². The predicted octanol–water partition coefficient (Wildman–Crippen LogP) is 3.16. The summed E-state index contributed by atoms with van der Waals surface area (Å²) in [5.41, 5.74) is 3.99. The molecule has 5 nitrogen and oxygen atoms in total. The van der Waals surface area contributed by atoms with E-state index in [-0.39, 0.29) is 4.90 Å². The maximum Gasteiger partial charge on any atom is 0.248 e. The van der Waals surface area contributed by atoms with Crippen molar-refractivity contribution in [3.8, 4) is 0 Å². The van der Waals surface area contributed by atoms with Crippen molar-refractivity contribution < 1.29 is 12.9 Å². The summed E-state index contributed by atoms with van der Waals surface area (Å²) in [5, 5.41) is 3.78. The van der Waals surface area contributed by atoms with Gasteiger partial charge in [0.1, 0.15) is 10.6 Å². The van der Waals surface area contributed by atoms with Gasteiger partial charge in [0.2, 0.25) is 10.0 Å². The van der Waals surface area contributed by atoms with E-state index in [1.807, 2.05) is 0 Å². The van der Waals surface area contributed by atoms with Crippen molar-refractivity contribution in [2.24, 2.45) is 0 Å². The fraction of sp³-hybridized carbons (Fsp3) is 0.471. The Kier molecular flexibility index (Phi) is 4.06. The Bertz CT molecular complexity index is 818. The lowest BCUT2D eigenvalue weighted by Gasteiger charge is -2.28. The summed E-state index contributed by atoms with van der Waals surface area (Å²) in [6.45, 7) is 8.48. The predicted molar refractivity (Wildman–Crippen MR) is 87.8 cm³/mol. The van der Waals surface area contributed by atoms with Gasteiger partial charge in [-0.25, -0.2) is 8.42 Å². The highest BCUT2D eigenvalue weighted by Gasteiger charge is 2.33. The van der Waals surface area contributed by atoms with E-state index in [0.717, 1.165) is 12.0 Å². The van der Waals surface area contributed by atoms with Crippen molar-refractivity contribution in [2.45, 2.75) is 51.5 Å². The van der Waals surface area contributed by atoms with Crippen LogP contribution in [0, 0.1) is 13.8 Å². The highest BCUT2D eigenvalue weighted by Crippen LogP contribution is 2.29. The summed E-state index contributed by atoms with van der Waals surface area (Å²) >= 11 is 0. The Morgan fingerprint density at radius 1 is 1.22 bits per heavy atom. The molecule has 0 spiro atoms. The van der Waals surface area contributed by atoms with E-state index in [9.17, 15) is 8.42 Å². The number of benzene rings is 1. The van der Waals surface area contributed by atoms with Gasteiger partial charge in [-0.05, 0) is 42.9 Å². The molecule has 0 aliphatic carbocycles. The molecule has 0 saturated carbocycles. The van der Waals surface area contributed by atoms with Crippen LogP contribution in [-0.2, 0) is 23.0 Å². The van der Waals surface area contributed by atoms with Gasteiger partial charge in [-0.1, -0.05) is 37.2 Å². The number of hydrogen-bond acceptors (Lipinski definition) is 4. The maximum absolute atomic E-state index is 12.9. The molecule has 1 aliphatic rings. The van der Waals surface area contributed by atoms with Gasteiger partial charge in [0, 0.05) is 13.1 Å². The van der Waals surface area contributed by atoms with Gasteiger partial charge < -0.3 is 4.52 Å². The molecule has 0 atom stereocenters.